The molecule has 6 N–H and O–H groups in total. The summed E-state index contributed by atoms with van der Waals surface area (Å²) in [6.07, 6.45) is 0. The molecule has 0 aromatic heterocycles. The van der Waals surface area contributed by atoms with Gasteiger partial charge in [0.25, 0.3) is 0 Å². The Morgan fingerprint density at radius 3 is 0.577 bits per heavy atom. The number of amides is 6. The van der Waals surface area contributed by atoms with Crippen molar-refractivity contribution in [2.24, 2.45) is 0 Å². The van der Waals surface area contributed by atoms with Gasteiger partial charge in [-0.2, -0.15) is 0 Å². The second-order valence-corrected chi connectivity index (χ2v) is 14.6. The molecule has 0 saturated carbocycles. The van der Waals surface area contributed by atoms with E-state index in [-0.39, 0.29) is 0 Å². The molecule has 0 aromatic carbocycles. The highest BCUT2D eigenvalue weighted by molar-refractivity contribution is 7.39. The fourth-order valence-corrected chi connectivity index (χ4v) is 13.5. The van der Waals surface area contributed by atoms with Crippen LogP contribution in [-0.2, 0) is 28.8 Å². The molecule has 0 unspecified atom stereocenters. The summed E-state index contributed by atoms with van der Waals surface area (Å²) in [6, 6.07) is 0. The first-order chi connectivity index (χ1) is 11.7. The summed E-state index contributed by atoms with van der Waals surface area (Å²) >= 11 is 0. The van der Waals surface area contributed by atoms with Gasteiger partial charge in [-0.05, 0) is 0 Å². The summed E-state index contributed by atoms with van der Waals surface area (Å²) in [5, 5.41) is 0. The maximum absolute atomic E-state index is 11.8. The van der Waals surface area contributed by atoms with E-state index < -0.39 is 51.6 Å². The average molecular weight is 405 g/mol. The molecule has 12 nitrogen and oxygen atoms in total. The van der Waals surface area contributed by atoms with Crippen LogP contribution in [-0.4, -0.2) is 51.6 Å². The van der Waals surface area contributed by atoms with Crippen LogP contribution in [0.25, 0.3) is 0 Å². The van der Waals surface area contributed by atoms with Gasteiger partial charge in [0.2, 0.25) is 35.4 Å². The molecular weight excluding hydrogens is 380 g/mol. The van der Waals surface area contributed by atoms with Crippen LogP contribution >= 0.6 is 0 Å². The fraction of sp³-hybridized carbons (Fsp3) is 0.500. The molecule has 14 heteroatoms. The standard InChI is InChI=1S/C12H24N6O6Si2/c1-7(19)13-25(14-8(2)20,15-9(3)21)26(16-10(4)22,17-11(5)23)18-12(6)24/h1-6H3,(H,13,19)(H,14,20)(H,15,21)(H,16,22)(H,17,23)(H,18,24). The summed E-state index contributed by atoms with van der Waals surface area (Å²) in [7, 11) is -8.22. The first-order valence-corrected chi connectivity index (χ1v) is 12.5. The third-order valence-corrected chi connectivity index (χ3v) is 13.9. The number of nitrogens with one attached hydrogen (secondary N) is 6. The van der Waals surface area contributed by atoms with E-state index in [1.807, 2.05) is 0 Å². The lowest BCUT2D eigenvalue weighted by atomic mass is 10.8. The maximum Gasteiger partial charge on any atom is 0.434 e. The monoisotopic (exact) mass is 404 g/mol. The molecule has 146 valence electrons. The highest BCUT2D eigenvalue weighted by atomic mass is 29.3. The van der Waals surface area contributed by atoms with Crippen LogP contribution < -0.4 is 29.9 Å². The van der Waals surface area contributed by atoms with Crippen molar-refractivity contribution in [3.05, 3.63) is 0 Å². The number of rotatable bonds is 7. The molecule has 0 saturated heterocycles. The predicted octanol–water partition coefficient (Wildman–Crippen LogP) is -3.24. The molecule has 0 fully saturated rings. The molecule has 0 heterocycles. The molecule has 0 aliphatic heterocycles. The van der Waals surface area contributed by atoms with Gasteiger partial charge in [-0.3, -0.25) is 28.8 Å². The average Bonchev–Trinajstić information content (AvgIpc) is 2.32. The Morgan fingerprint density at radius 1 is 0.385 bits per heavy atom. The van der Waals surface area contributed by atoms with Crippen molar-refractivity contribution in [1.82, 2.24) is 29.9 Å². The molecule has 26 heavy (non-hydrogen) atoms. The minimum atomic E-state index is -4.11. The van der Waals surface area contributed by atoms with Crippen molar-refractivity contribution in [3.63, 3.8) is 0 Å². The maximum atomic E-state index is 11.8. The van der Waals surface area contributed by atoms with Crippen LogP contribution in [0.2, 0.25) is 0 Å². The van der Waals surface area contributed by atoms with E-state index >= 15 is 0 Å². The molecule has 6 amide bonds. The zero-order valence-electron chi connectivity index (χ0n) is 15.4. The first kappa shape index (κ1) is 23.3. The van der Waals surface area contributed by atoms with Crippen LogP contribution in [0.15, 0.2) is 0 Å². The predicted molar refractivity (Wildman–Crippen MR) is 94.4 cm³/mol. The lowest BCUT2D eigenvalue weighted by molar-refractivity contribution is -0.121. The molecular formula is C12H24N6O6Si2. The summed E-state index contributed by atoms with van der Waals surface area (Å²) in [5.41, 5.74) is 0. The van der Waals surface area contributed by atoms with Gasteiger partial charge < -0.3 is 29.9 Å². The first-order valence-electron chi connectivity index (χ1n) is 7.47. The van der Waals surface area contributed by atoms with E-state index in [0.29, 0.717) is 0 Å². The third-order valence-electron chi connectivity index (χ3n) is 2.74. The zero-order chi connectivity index (χ0) is 20.7. The zero-order valence-corrected chi connectivity index (χ0v) is 17.4. The second kappa shape index (κ2) is 9.09. The minimum Gasteiger partial charge on any atom is -0.347 e. The van der Waals surface area contributed by atoms with Crippen molar-refractivity contribution in [2.45, 2.75) is 41.5 Å². The molecule has 0 aliphatic carbocycles. The van der Waals surface area contributed by atoms with Crippen LogP contribution in [0, 0.1) is 0 Å². The molecule has 0 spiro atoms. The van der Waals surface area contributed by atoms with E-state index in [9.17, 15) is 28.8 Å². The van der Waals surface area contributed by atoms with Gasteiger partial charge in [0.15, 0.2) is 0 Å². The Morgan fingerprint density at radius 2 is 0.500 bits per heavy atom. The lowest BCUT2D eigenvalue weighted by Gasteiger charge is -2.44. The molecule has 0 aliphatic rings. The summed E-state index contributed by atoms with van der Waals surface area (Å²) in [5.74, 6) is -3.93. The Labute approximate surface area is 152 Å². The fourth-order valence-electron chi connectivity index (χ4n) is 2.33. The van der Waals surface area contributed by atoms with E-state index in [2.05, 4.69) is 29.9 Å². The Kier molecular flexibility index (Phi) is 8.13. The quantitative estimate of drug-likeness (QED) is 0.243. The van der Waals surface area contributed by atoms with Crippen molar-refractivity contribution in [1.29, 1.82) is 0 Å². The third kappa shape index (κ3) is 6.63. The normalized spacial score (nSPS) is 10.8. The van der Waals surface area contributed by atoms with E-state index in [1.54, 1.807) is 0 Å². The largest absolute Gasteiger partial charge is 0.434 e. The molecule has 0 atom stereocenters. The van der Waals surface area contributed by atoms with Crippen molar-refractivity contribution in [3.8, 4) is 0 Å². The smallest absolute Gasteiger partial charge is 0.347 e. The Bertz CT molecular complexity index is 504. The van der Waals surface area contributed by atoms with Crippen LogP contribution in [0.3, 0.4) is 0 Å². The molecule has 0 bridgehead atoms. The van der Waals surface area contributed by atoms with Gasteiger partial charge in [0.05, 0.1) is 0 Å². The molecule has 0 radical (unpaired) electrons. The van der Waals surface area contributed by atoms with E-state index in [1.165, 1.54) is 0 Å². The van der Waals surface area contributed by atoms with Gasteiger partial charge in [0.1, 0.15) is 0 Å². The molecule has 0 aromatic rings. The van der Waals surface area contributed by atoms with E-state index in [0.717, 1.165) is 41.5 Å². The van der Waals surface area contributed by atoms with E-state index in [4.69, 9.17) is 0 Å². The number of hydrogen-bond donors (Lipinski definition) is 6. The van der Waals surface area contributed by atoms with Gasteiger partial charge in [-0.1, -0.05) is 0 Å². The van der Waals surface area contributed by atoms with Crippen molar-refractivity contribution < 1.29 is 28.8 Å². The number of hydrogen-bond acceptors (Lipinski definition) is 6. The minimum absolute atomic E-state index is 0.655. The van der Waals surface area contributed by atoms with Gasteiger partial charge in [0, 0.05) is 41.5 Å². The number of carbonyl (C=O) groups is 6. The summed E-state index contributed by atoms with van der Waals surface area (Å²) in [4.78, 5) is 85.8. The lowest BCUT2D eigenvalue weighted by Crippen LogP contribution is -3.00. The summed E-state index contributed by atoms with van der Waals surface area (Å²) in [6.45, 7) is 6.75. The Hall–Kier alpha value is -2.75. The van der Waals surface area contributed by atoms with Crippen molar-refractivity contribution in [2.75, 3.05) is 0 Å². The van der Waals surface area contributed by atoms with Crippen LogP contribution in [0.1, 0.15) is 41.5 Å². The summed E-state index contributed by atoms with van der Waals surface area (Å²) < 4.78 is 0. The Balaban J connectivity index is 6.82. The van der Waals surface area contributed by atoms with Crippen LogP contribution in [0.4, 0.5) is 0 Å². The topological polar surface area (TPSA) is 175 Å². The van der Waals surface area contributed by atoms with Gasteiger partial charge in [-0.15, -0.1) is 0 Å². The van der Waals surface area contributed by atoms with Gasteiger partial charge >= 0.3 is 16.2 Å². The highest BCUT2D eigenvalue weighted by Crippen LogP contribution is 2.05. The number of carbonyl (C=O) groups excluding carboxylic acids is 6. The second-order valence-electron chi connectivity index (χ2n) is 5.59. The van der Waals surface area contributed by atoms with Gasteiger partial charge in [-0.25, -0.2) is 0 Å². The highest BCUT2D eigenvalue weighted by Gasteiger charge is 2.66. The SMILES string of the molecule is CC(=O)N[Si](NC(C)=O)(NC(C)=O)[Si](NC(C)=O)(NC(C)=O)NC(C)=O. The molecule has 0 rings (SSSR count). The van der Waals surface area contributed by atoms with Crippen LogP contribution in [0.5, 0.6) is 0 Å². The van der Waals surface area contributed by atoms with Crippen molar-refractivity contribution >= 4 is 51.6 Å².